The molecule has 20 heavy (non-hydrogen) atoms. The maximum Gasteiger partial charge on any atom is 0.312 e. The fourth-order valence-electron chi connectivity index (χ4n) is 3.70. The van der Waals surface area contributed by atoms with E-state index >= 15 is 0 Å². The molecule has 1 saturated heterocycles. The molecule has 0 bridgehead atoms. The second-order valence-electron chi connectivity index (χ2n) is 6.68. The summed E-state index contributed by atoms with van der Waals surface area (Å²) in [5.41, 5.74) is 0. The van der Waals surface area contributed by atoms with Gasteiger partial charge in [-0.05, 0) is 51.9 Å². The van der Waals surface area contributed by atoms with Crippen LogP contribution in [0.25, 0.3) is 0 Å². The first-order chi connectivity index (χ1) is 9.50. The van der Waals surface area contributed by atoms with E-state index in [2.05, 4.69) is 12.2 Å². The normalized spacial score (nSPS) is 34.6. The number of hydrogen-bond acceptors (Lipinski definition) is 2. The number of nitrogens with one attached hydrogen (secondary N) is 1. The SMILES string of the molecule is CC1CCCCC1NC(=O)C(=O)N1C(C)CCCC1C. The van der Waals surface area contributed by atoms with E-state index < -0.39 is 5.91 Å². The molecule has 1 N–H and O–H groups in total. The first kappa shape index (κ1) is 15.3. The quantitative estimate of drug-likeness (QED) is 0.750. The van der Waals surface area contributed by atoms with Gasteiger partial charge in [-0.3, -0.25) is 9.59 Å². The molecule has 4 unspecified atom stereocenters. The Morgan fingerprint density at radius 2 is 1.50 bits per heavy atom. The third-order valence-electron chi connectivity index (χ3n) is 5.05. The third-order valence-corrected chi connectivity index (χ3v) is 5.05. The Bertz CT molecular complexity index is 359. The van der Waals surface area contributed by atoms with Crippen LogP contribution in [0.1, 0.15) is 65.7 Å². The van der Waals surface area contributed by atoms with E-state index in [1.54, 1.807) is 4.90 Å². The third kappa shape index (κ3) is 3.33. The van der Waals surface area contributed by atoms with Crippen LogP contribution in [0, 0.1) is 5.92 Å². The van der Waals surface area contributed by atoms with Gasteiger partial charge in [-0.1, -0.05) is 19.8 Å². The van der Waals surface area contributed by atoms with Crippen molar-refractivity contribution in [1.82, 2.24) is 10.2 Å². The van der Waals surface area contributed by atoms with Crippen molar-refractivity contribution in [2.24, 2.45) is 5.92 Å². The smallest absolute Gasteiger partial charge is 0.312 e. The predicted octanol–water partition coefficient (Wildman–Crippen LogP) is 2.47. The number of rotatable bonds is 1. The monoisotopic (exact) mass is 280 g/mol. The molecule has 4 nitrogen and oxygen atoms in total. The van der Waals surface area contributed by atoms with Crippen molar-refractivity contribution in [3.05, 3.63) is 0 Å². The van der Waals surface area contributed by atoms with Gasteiger partial charge in [0.1, 0.15) is 0 Å². The molecule has 0 aromatic rings. The van der Waals surface area contributed by atoms with Gasteiger partial charge in [-0.25, -0.2) is 0 Å². The van der Waals surface area contributed by atoms with Crippen LogP contribution in [-0.4, -0.2) is 34.8 Å². The van der Waals surface area contributed by atoms with E-state index in [9.17, 15) is 9.59 Å². The summed E-state index contributed by atoms with van der Waals surface area (Å²) in [6, 6.07) is 0.539. The minimum Gasteiger partial charge on any atom is -0.345 e. The molecule has 0 aromatic carbocycles. The number of nitrogens with zero attached hydrogens (tertiary/aromatic N) is 1. The van der Waals surface area contributed by atoms with Gasteiger partial charge in [0.25, 0.3) is 0 Å². The number of piperidine rings is 1. The van der Waals surface area contributed by atoms with Crippen LogP contribution < -0.4 is 5.32 Å². The molecule has 1 heterocycles. The molecule has 0 aromatic heterocycles. The Hall–Kier alpha value is -1.06. The first-order valence-electron chi connectivity index (χ1n) is 8.14. The second kappa shape index (κ2) is 6.59. The molecule has 1 aliphatic heterocycles. The number of amides is 2. The van der Waals surface area contributed by atoms with Gasteiger partial charge in [0.2, 0.25) is 0 Å². The van der Waals surface area contributed by atoms with Crippen molar-refractivity contribution < 1.29 is 9.59 Å². The first-order valence-corrected chi connectivity index (χ1v) is 8.14. The average Bonchev–Trinajstić information content (AvgIpc) is 2.41. The predicted molar refractivity (Wildman–Crippen MR) is 79.2 cm³/mol. The van der Waals surface area contributed by atoms with Crippen molar-refractivity contribution in [2.75, 3.05) is 0 Å². The Labute approximate surface area is 122 Å². The lowest BCUT2D eigenvalue weighted by Crippen LogP contribution is -2.55. The minimum atomic E-state index is -0.399. The molecule has 0 spiro atoms. The molecule has 1 aliphatic carbocycles. The van der Waals surface area contributed by atoms with E-state index in [4.69, 9.17) is 0 Å². The highest BCUT2D eigenvalue weighted by Crippen LogP contribution is 2.25. The summed E-state index contributed by atoms with van der Waals surface area (Å²) in [4.78, 5) is 26.4. The average molecular weight is 280 g/mol. The molecule has 2 amide bonds. The largest absolute Gasteiger partial charge is 0.345 e. The number of carbonyl (C=O) groups excluding carboxylic acids is 2. The lowest BCUT2D eigenvalue weighted by molar-refractivity contribution is -0.150. The van der Waals surface area contributed by atoms with E-state index in [-0.39, 0.29) is 24.0 Å². The van der Waals surface area contributed by atoms with Gasteiger partial charge < -0.3 is 10.2 Å². The van der Waals surface area contributed by atoms with E-state index in [1.165, 1.54) is 6.42 Å². The van der Waals surface area contributed by atoms with Crippen molar-refractivity contribution in [3.8, 4) is 0 Å². The van der Waals surface area contributed by atoms with Crippen LogP contribution in [-0.2, 0) is 9.59 Å². The zero-order valence-corrected chi connectivity index (χ0v) is 13.0. The van der Waals surface area contributed by atoms with Crippen LogP contribution in [0.4, 0.5) is 0 Å². The maximum absolute atomic E-state index is 12.4. The van der Waals surface area contributed by atoms with Crippen LogP contribution in [0.5, 0.6) is 0 Å². The number of likely N-dealkylation sites (tertiary alicyclic amines) is 1. The van der Waals surface area contributed by atoms with E-state index in [1.807, 2.05) is 13.8 Å². The number of carbonyl (C=O) groups is 2. The highest BCUT2D eigenvalue weighted by atomic mass is 16.2. The second-order valence-corrected chi connectivity index (χ2v) is 6.68. The molecule has 0 radical (unpaired) electrons. The molecule has 4 heteroatoms. The van der Waals surface area contributed by atoms with Crippen molar-refractivity contribution in [3.63, 3.8) is 0 Å². The molecule has 1 saturated carbocycles. The Kier molecular flexibility index (Phi) is 5.06. The Balaban J connectivity index is 1.95. The Morgan fingerprint density at radius 1 is 0.900 bits per heavy atom. The van der Waals surface area contributed by atoms with Gasteiger partial charge in [0.15, 0.2) is 0 Å². The van der Waals surface area contributed by atoms with Gasteiger partial charge in [-0.2, -0.15) is 0 Å². The van der Waals surface area contributed by atoms with Gasteiger partial charge in [0, 0.05) is 18.1 Å². The van der Waals surface area contributed by atoms with Crippen LogP contribution in [0.15, 0.2) is 0 Å². The summed E-state index contributed by atoms with van der Waals surface area (Å²) in [5, 5.41) is 2.98. The topological polar surface area (TPSA) is 49.4 Å². The summed E-state index contributed by atoms with van der Waals surface area (Å²) in [6.07, 6.45) is 7.70. The molecule has 2 aliphatic rings. The summed E-state index contributed by atoms with van der Waals surface area (Å²) in [6.45, 7) is 6.26. The van der Waals surface area contributed by atoms with E-state index in [0.29, 0.717) is 5.92 Å². The van der Waals surface area contributed by atoms with Crippen molar-refractivity contribution >= 4 is 11.8 Å². The molecule has 114 valence electrons. The molecule has 2 fully saturated rings. The Morgan fingerprint density at radius 3 is 2.10 bits per heavy atom. The van der Waals surface area contributed by atoms with Gasteiger partial charge in [-0.15, -0.1) is 0 Å². The van der Waals surface area contributed by atoms with Crippen LogP contribution in [0.3, 0.4) is 0 Å². The fraction of sp³-hybridized carbons (Fsp3) is 0.875. The van der Waals surface area contributed by atoms with Crippen LogP contribution >= 0.6 is 0 Å². The van der Waals surface area contributed by atoms with Crippen molar-refractivity contribution in [1.29, 1.82) is 0 Å². The summed E-state index contributed by atoms with van der Waals surface area (Å²) in [5.74, 6) is -0.247. The zero-order chi connectivity index (χ0) is 14.7. The summed E-state index contributed by atoms with van der Waals surface area (Å²) in [7, 11) is 0. The standard InChI is InChI=1S/C16H28N2O2/c1-11-7-4-5-10-14(11)17-15(19)16(20)18-12(2)8-6-9-13(18)3/h11-14H,4-10H2,1-3H3,(H,17,19). The lowest BCUT2D eigenvalue weighted by Gasteiger charge is -2.39. The number of hydrogen-bond donors (Lipinski definition) is 1. The minimum absolute atomic E-state index is 0.176. The highest BCUT2D eigenvalue weighted by molar-refractivity contribution is 6.35. The zero-order valence-electron chi connectivity index (χ0n) is 13.0. The van der Waals surface area contributed by atoms with Crippen LogP contribution in [0.2, 0.25) is 0 Å². The molecular weight excluding hydrogens is 252 g/mol. The van der Waals surface area contributed by atoms with Gasteiger partial charge in [0.05, 0.1) is 0 Å². The lowest BCUT2D eigenvalue weighted by atomic mass is 9.86. The van der Waals surface area contributed by atoms with Crippen molar-refractivity contribution in [2.45, 2.75) is 83.8 Å². The molecular formula is C16H28N2O2. The molecule has 2 rings (SSSR count). The highest BCUT2D eigenvalue weighted by Gasteiger charge is 2.34. The van der Waals surface area contributed by atoms with E-state index in [0.717, 1.165) is 38.5 Å². The molecule has 4 atom stereocenters. The summed E-state index contributed by atoms with van der Waals surface area (Å²) >= 11 is 0. The maximum atomic E-state index is 12.4. The summed E-state index contributed by atoms with van der Waals surface area (Å²) < 4.78 is 0. The van der Waals surface area contributed by atoms with Gasteiger partial charge >= 0.3 is 11.8 Å². The fourth-order valence-corrected chi connectivity index (χ4v) is 3.70.